The van der Waals surface area contributed by atoms with Crippen LogP contribution in [0, 0.1) is 5.92 Å². The van der Waals surface area contributed by atoms with Crippen molar-refractivity contribution in [2.45, 2.75) is 38.1 Å². The van der Waals surface area contributed by atoms with Crippen molar-refractivity contribution in [3.63, 3.8) is 0 Å². The highest BCUT2D eigenvalue weighted by molar-refractivity contribution is 6.00. The fourth-order valence-corrected chi connectivity index (χ4v) is 3.13. The highest BCUT2D eigenvalue weighted by atomic mass is 16.4. The number of rotatable bonds is 1. The molecule has 5 nitrogen and oxygen atoms in total. The van der Waals surface area contributed by atoms with Gasteiger partial charge in [-0.1, -0.05) is 19.3 Å². The molecule has 2 atom stereocenters. The number of fused-ring (bicyclic) bond motifs is 2. The van der Waals surface area contributed by atoms with E-state index in [0.717, 1.165) is 31.4 Å². The van der Waals surface area contributed by atoms with Crippen LogP contribution in [0.5, 0.6) is 0 Å². The lowest BCUT2D eigenvalue weighted by atomic mass is 9.94. The Morgan fingerprint density at radius 2 is 1.95 bits per heavy atom. The summed E-state index contributed by atoms with van der Waals surface area (Å²) in [5.41, 5.74) is 1.58. The van der Waals surface area contributed by atoms with E-state index in [2.05, 4.69) is 10.6 Å². The molecule has 106 valence electrons. The molecule has 20 heavy (non-hydrogen) atoms. The minimum atomic E-state index is -0.986. The van der Waals surface area contributed by atoms with Gasteiger partial charge in [-0.3, -0.25) is 4.79 Å². The fourth-order valence-electron chi connectivity index (χ4n) is 3.13. The van der Waals surface area contributed by atoms with Crippen molar-refractivity contribution in [1.82, 2.24) is 0 Å². The number of amides is 1. The number of nitrogens with one attached hydrogen (secondary N) is 2. The first kappa shape index (κ1) is 13.0. The third-order valence-electron chi connectivity index (χ3n) is 4.22. The summed E-state index contributed by atoms with van der Waals surface area (Å²) in [6, 6.07) is 4.98. The smallest absolute Gasteiger partial charge is 0.335 e. The Balaban J connectivity index is 1.95. The molecule has 3 rings (SSSR count). The second-order valence-electron chi connectivity index (χ2n) is 5.55. The molecule has 1 aromatic rings. The average Bonchev–Trinajstić information content (AvgIpc) is 2.71. The molecule has 0 saturated heterocycles. The zero-order valence-electron chi connectivity index (χ0n) is 11.2. The molecule has 0 radical (unpaired) electrons. The maximum Gasteiger partial charge on any atom is 0.335 e. The lowest BCUT2D eigenvalue weighted by molar-refractivity contribution is -0.120. The average molecular weight is 274 g/mol. The Morgan fingerprint density at radius 1 is 1.15 bits per heavy atom. The monoisotopic (exact) mass is 274 g/mol. The first-order chi connectivity index (χ1) is 9.65. The summed E-state index contributed by atoms with van der Waals surface area (Å²) in [6.45, 7) is 0. The van der Waals surface area contributed by atoms with Crippen LogP contribution in [0.2, 0.25) is 0 Å². The molecule has 0 spiro atoms. The fraction of sp³-hybridized carbons (Fsp3) is 0.467. The predicted molar refractivity (Wildman–Crippen MR) is 76.0 cm³/mol. The summed E-state index contributed by atoms with van der Waals surface area (Å²) in [5, 5.41) is 15.3. The molecule has 1 heterocycles. The number of carbonyl (C=O) groups is 2. The van der Waals surface area contributed by atoms with Crippen molar-refractivity contribution in [3.8, 4) is 0 Å². The number of carboxylic acids is 1. The topological polar surface area (TPSA) is 78.4 Å². The van der Waals surface area contributed by atoms with E-state index in [4.69, 9.17) is 5.11 Å². The van der Waals surface area contributed by atoms with Gasteiger partial charge in [-0.15, -0.1) is 0 Å². The van der Waals surface area contributed by atoms with E-state index < -0.39 is 5.97 Å². The summed E-state index contributed by atoms with van der Waals surface area (Å²) in [6.07, 6.45) is 5.26. The predicted octanol–water partition coefficient (Wildman–Crippen LogP) is 2.70. The molecule has 0 bridgehead atoms. The lowest BCUT2D eigenvalue weighted by Gasteiger charge is -2.22. The number of hydrogen-bond acceptors (Lipinski definition) is 3. The van der Waals surface area contributed by atoms with Crippen LogP contribution in [-0.2, 0) is 4.79 Å². The van der Waals surface area contributed by atoms with Crippen LogP contribution in [0.15, 0.2) is 18.2 Å². The normalized spacial score (nSPS) is 25.3. The van der Waals surface area contributed by atoms with Crippen LogP contribution in [-0.4, -0.2) is 23.0 Å². The van der Waals surface area contributed by atoms with Crippen molar-refractivity contribution in [2.75, 3.05) is 10.6 Å². The summed E-state index contributed by atoms with van der Waals surface area (Å²) in [4.78, 5) is 23.4. The van der Waals surface area contributed by atoms with Crippen molar-refractivity contribution in [2.24, 2.45) is 5.92 Å². The van der Waals surface area contributed by atoms with Gasteiger partial charge in [0, 0.05) is 6.04 Å². The zero-order valence-corrected chi connectivity index (χ0v) is 11.2. The molecule has 5 heteroatoms. The van der Waals surface area contributed by atoms with Gasteiger partial charge in [0.15, 0.2) is 0 Å². The summed E-state index contributed by atoms with van der Waals surface area (Å²) in [7, 11) is 0. The van der Waals surface area contributed by atoms with Crippen molar-refractivity contribution in [1.29, 1.82) is 0 Å². The molecule has 3 N–H and O–H groups in total. The van der Waals surface area contributed by atoms with Gasteiger partial charge in [-0.05, 0) is 31.0 Å². The van der Waals surface area contributed by atoms with Crippen molar-refractivity contribution in [3.05, 3.63) is 23.8 Å². The minimum absolute atomic E-state index is 0.00527. The van der Waals surface area contributed by atoms with Gasteiger partial charge in [-0.2, -0.15) is 0 Å². The molecule has 1 aliphatic heterocycles. The number of aromatic carboxylic acids is 1. The summed E-state index contributed by atoms with van der Waals surface area (Å²) < 4.78 is 0. The maximum atomic E-state index is 12.3. The molecule has 1 saturated carbocycles. The van der Waals surface area contributed by atoms with Crippen LogP contribution >= 0.6 is 0 Å². The van der Waals surface area contributed by atoms with Gasteiger partial charge < -0.3 is 15.7 Å². The quantitative estimate of drug-likeness (QED) is 0.735. The van der Waals surface area contributed by atoms with E-state index in [1.165, 1.54) is 12.5 Å². The highest BCUT2D eigenvalue weighted by Gasteiger charge is 2.33. The van der Waals surface area contributed by atoms with Gasteiger partial charge in [-0.25, -0.2) is 4.79 Å². The highest BCUT2D eigenvalue weighted by Crippen LogP contribution is 2.34. The zero-order chi connectivity index (χ0) is 14.1. The Kier molecular flexibility index (Phi) is 3.34. The Morgan fingerprint density at radius 3 is 2.75 bits per heavy atom. The van der Waals surface area contributed by atoms with E-state index >= 15 is 0 Å². The molecule has 1 aromatic carbocycles. The van der Waals surface area contributed by atoms with E-state index in [1.807, 2.05) is 0 Å². The molecule has 1 fully saturated rings. The van der Waals surface area contributed by atoms with Crippen LogP contribution in [0.4, 0.5) is 11.4 Å². The molecule has 1 aliphatic carbocycles. The Labute approximate surface area is 117 Å². The Bertz CT molecular complexity index is 556. The molecule has 1 amide bonds. The van der Waals surface area contributed by atoms with Crippen LogP contribution in [0.25, 0.3) is 0 Å². The van der Waals surface area contributed by atoms with E-state index in [9.17, 15) is 9.59 Å². The Hall–Kier alpha value is -2.04. The summed E-state index contributed by atoms with van der Waals surface area (Å²) in [5.74, 6) is -1.01. The van der Waals surface area contributed by atoms with Crippen molar-refractivity contribution < 1.29 is 14.7 Å². The lowest BCUT2D eigenvalue weighted by Crippen LogP contribution is -2.34. The molecular weight excluding hydrogens is 256 g/mol. The van der Waals surface area contributed by atoms with E-state index in [-0.39, 0.29) is 23.4 Å². The molecule has 2 aliphatic rings. The van der Waals surface area contributed by atoms with Gasteiger partial charge in [0.2, 0.25) is 5.91 Å². The van der Waals surface area contributed by atoms with E-state index in [1.54, 1.807) is 12.1 Å². The first-order valence-electron chi connectivity index (χ1n) is 7.10. The van der Waals surface area contributed by atoms with Crippen LogP contribution in [0.3, 0.4) is 0 Å². The number of carbonyl (C=O) groups excluding carboxylic acids is 1. The largest absolute Gasteiger partial charge is 0.478 e. The van der Waals surface area contributed by atoms with Gasteiger partial charge in [0.1, 0.15) is 0 Å². The second-order valence-corrected chi connectivity index (χ2v) is 5.55. The van der Waals surface area contributed by atoms with Crippen LogP contribution in [0.1, 0.15) is 42.5 Å². The first-order valence-corrected chi connectivity index (χ1v) is 7.10. The number of carboxylic acid groups (broad SMARTS) is 1. The third-order valence-corrected chi connectivity index (χ3v) is 4.22. The number of benzene rings is 1. The third kappa shape index (κ3) is 2.35. The molecule has 2 unspecified atom stereocenters. The number of hydrogen-bond donors (Lipinski definition) is 3. The minimum Gasteiger partial charge on any atom is -0.478 e. The van der Waals surface area contributed by atoms with Gasteiger partial charge in [0.05, 0.1) is 22.9 Å². The van der Waals surface area contributed by atoms with E-state index in [0.29, 0.717) is 5.69 Å². The van der Waals surface area contributed by atoms with Crippen molar-refractivity contribution >= 4 is 23.3 Å². The maximum absolute atomic E-state index is 12.3. The second kappa shape index (κ2) is 5.15. The van der Waals surface area contributed by atoms with Gasteiger partial charge >= 0.3 is 5.97 Å². The standard InChI is InChI=1S/C15H18N2O3/c18-14-10-4-2-1-3-5-11(10)16-12-7-6-9(15(19)20)8-13(12)17-14/h6-8,10-11,16H,1-5H2,(H,17,18)(H,19,20). The molecular formula is C15H18N2O3. The molecule has 0 aromatic heterocycles. The number of anilines is 2. The van der Waals surface area contributed by atoms with Gasteiger partial charge in [0.25, 0.3) is 0 Å². The van der Waals surface area contributed by atoms with Crippen LogP contribution < -0.4 is 10.6 Å². The summed E-state index contributed by atoms with van der Waals surface area (Å²) >= 11 is 0. The SMILES string of the molecule is O=C(O)c1ccc2c(c1)NC(=O)C1CCCCCC1N2.